The predicted octanol–water partition coefficient (Wildman–Crippen LogP) is 4.02. The molecule has 2 heterocycles. The van der Waals surface area contributed by atoms with Crippen molar-refractivity contribution in [2.24, 2.45) is 5.73 Å². The summed E-state index contributed by atoms with van der Waals surface area (Å²) in [7, 11) is 0. The number of aromatic nitrogens is 1. The zero-order valence-corrected chi connectivity index (χ0v) is 12.4. The summed E-state index contributed by atoms with van der Waals surface area (Å²) in [5.41, 5.74) is 8.04. The summed E-state index contributed by atoms with van der Waals surface area (Å²) in [4.78, 5) is 4.37. The molecule has 1 aliphatic heterocycles. The van der Waals surface area contributed by atoms with Crippen LogP contribution < -0.4 is 10.5 Å². The summed E-state index contributed by atoms with van der Waals surface area (Å²) in [6.07, 6.45) is 2.35. The largest absolute Gasteiger partial charge is 0.484 e. The third kappa shape index (κ3) is 2.61. The standard InChI is InChI=1S/C14H12BrClN2O/c15-8-1-3-12(18-7-8)14-6-11(17)10-5-9(16)2-4-13(10)19-14/h1-5,7,11,14H,6,17H2/t11-,14?/m0/s1. The van der Waals surface area contributed by atoms with E-state index >= 15 is 0 Å². The van der Waals surface area contributed by atoms with E-state index in [4.69, 9.17) is 22.1 Å². The Hall–Kier alpha value is -1.10. The van der Waals surface area contributed by atoms with Crippen molar-refractivity contribution in [1.82, 2.24) is 4.98 Å². The first kappa shape index (κ1) is 12.9. The van der Waals surface area contributed by atoms with Gasteiger partial charge in [-0.1, -0.05) is 11.6 Å². The third-order valence-corrected chi connectivity index (χ3v) is 3.89. The van der Waals surface area contributed by atoms with Gasteiger partial charge in [0, 0.05) is 33.7 Å². The van der Waals surface area contributed by atoms with E-state index in [-0.39, 0.29) is 12.1 Å². The van der Waals surface area contributed by atoms with Gasteiger partial charge in [0.15, 0.2) is 0 Å². The van der Waals surface area contributed by atoms with E-state index in [9.17, 15) is 0 Å². The minimum absolute atomic E-state index is 0.0853. The fraction of sp³-hybridized carbons (Fsp3) is 0.214. The molecule has 0 amide bonds. The van der Waals surface area contributed by atoms with Crippen molar-refractivity contribution in [2.75, 3.05) is 0 Å². The smallest absolute Gasteiger partial charge is 0.142 e. The van der Waals surface area contributed by atoms with E-state index in [0.29, 0.717) is 11.4 Å². The molecule has 19 heavy (non-hydrogen) atoms. The van der Waals surface area contributed by atoms with Crippen molar-refractivity contribution in [3.05, 3.63) is 57.3 Å². The van der Waals surface area contributed by atoms with E-state index in [1.165, 1.54) is 0 Å². The highest BCUT2D eigenvalue weighted by Gasteiger charge is 2.27. The van der Waals surface area contributed by atoms with E-state index < -0.39 is 0 Å². The van der Waals surface area contributed by atoms with Gasteiger partial charge in [0.1, 0.15) is 11.9 Å². The Morgan fingerprint density at radius 1 is 1.32 bits per heavy atom. The van der Waals surface area contributed by atoms with Crippen molar-refractivity contribution in [2.45, 2.75) is 18.6 Å². The molecule has 2 atom stereocenters. The molecule has 1 aromatic carbocycles. The topological polar surface area (TPSA) is 48.1 Å². The SMILES string of the molecule is N[C@H]1CC(c2ccc(Br)cn2)Oc2ccc(Cl)cc21. The van der Waals surface area contributed by atoms with Crippen molar-refractivity contribution in [3.8, 4) is 5.75 Å². The molecule has 1 aliphatic rings. The molecular formula is C14H12BrClN2O. The van der Waals surface area contributed by atoms with Gasteiger partial charge in [-0.2, -0.15) is 0 Å². The van der Waals surface area contributed by atoms with Crippen LogP contribution in [-0.2, 0) is 0 Å². The van der Waals surface area contributed by atoms with Gasteiger partial charge in [0.05, 0.1) is 5.69 Å². The Morgan fingerprint density at radius 3 is 2.89 bits per heavy atom. The summed E-state index contributed by atoms with van der Waals surface area (Å²) in [6.45, 7) is 0. The normalized spacial score (nSPS) is 21.6. The van der Waals surface area contributed by atoms with E-state index in [2.05, 4.69) is 20.9 Å². The van der Waals surface area contributed by atoms with Crippen LogP contribution >= 0.6 is 27.5 Å². The molecule has 0 aliphatic carbocycles. The van der Waals surface area contributed by atoms with Crippen molar-refractivity contribution < 1.29 is 4.74 Å². The number of nitrogens with two attached hydrogens (primary N) is 1. The lowest BCUT2D eigenvalue weighted by Crippen LogP contribution is -2.24. The number of fused-ring (bicyclic) bond motifs is 1. The molecule has 1 unspecified atom stereocenters. The average Bonchev–Trinajstić information content (AvgIpc) is 2.40. The van der Waals surface area contributed by atoms with E-state index in [1.807, 2.05) is 30.3 Å². The van der Waals surface area contributed by atoms with Crippen LogP contribution in [0.3, 0.4) is 0 Å². The predicted molar refractivity (Wildman–Crippen MR) is 78.3 cm³/mol. The lowest BCUT2D eigenvalue weighted by atomic mass is 9.95. The zero-order chi connectivity index (χ0) is 13.4. The Morgan fingerprint density at radius 2 is 2.16 bits per heavy atom. The van der Waals surface area contributed by atoms with Gasteiger partial charge in [-0.15, -0.1) is 0 Å². The first-order chi connectivity index (χ1) is 9.13. The van der Waals surface area contributed by atoms with Gasteiger partial charge in [-0.25, -0.2) is 0 Å². The summed E-state index contributed by atoms with van der Waals surface area (Å²) in [5.74, 6) is 0.790. The average molecular weight is 340 g/mol. The molecular weight excluding hydrogens is 328 g/mol. The molecule has 1 aromatic heterocycles. The van der Waals surface area contributed by atoms with Crippen LogP contribution in [0.25, 0.3) is 0 Å². The van der Waals surface area contributed by atoms with E-state index in [1.54, 1.807) is 6.20 Å². The van der Waals surface area contributed by atoms with Crippen LogP contribution in [0, 0.1) is 0 Å². The summed E-state index contributed by atoms with van der Waals surface area (Å²) in [5, 5.41) is 0.679. The summed E-state index contributed by atoms with van der Waals surface area (Å²) >= 11 is 9.36. The molecule has 0 saturated carbocycles. The van der Waals surface area contributed by atoms with Crippen LogP contribution in [0.5, 0.6) is 5.75 Å². The number of rotatable bonds is 1. The fourth-order valence-corrected chi connectivity index (χ4v) is 2.65. The maximum absolute atomic E-state index is 6.20. The molecule has 0 radical (unpaired) electrons. The second-order valence-corrected chi connectivity index (χ2v) is 5.88. The Kier molecular flexibility index (Phi) is 3.48. The number of ether oxygens (including phenoxy) is 1. The molecule has 2 N–H and O–H groups in total. The second-order valence-electron chi connectivity index (χ2n) is 4.53. The lowest BCUT2D eigenvalue weighted by molar-refractivity contribution is 0.157. The molecule has 2 aromatic rings. The Bertz CT molecular complexity index is 603. The second kappa shape index (κ2) is 5.12. The third-order valence-electron chi connectivity index (χ3n) is 3.19. The highest BCUT2D eigenvalue weighted by molar-refractivity contribution is 9.10. The number of halogens is 2. The fourth-order valence-electron chi connectivity index (χ4n) is 2.23. The molecule has 0 fully saturated rings. The molecule has 0 spiro atoms. The van der Waals surface area contributed by atoms with Gasteiger partial charge < -0.3 is 10.5 Å². The summed E-state index contributed by atoms with van der Waals surface area (Å²) < 4.78 is 6.91. The maximum Gasteiger partial charge on any atom is 0.142 e. The Balaban J connectivity index is 1.92. The minimum Gasteiger partial charge on any atom is -0.484 e. The maximum atomic E-state index is 6.20. The van der Waals surface area contributed by atoms with Crippen molar-refractivity contribution in [1.29, 1.82) is 0 Å². The van der Waals surface area contributed by atoms with Crippen LogP contribution in [0.2, 0.25) is 5.02 Å². The monoisotopic (exact) mass is 338 g/mol. The molecule has 3 nitrogen and oxygen atoms in total. The highest BCUT2D eigenvalue weighted by Crippen LogP contribution is 2.40. The highest BCUT2D eigenvalue weighted by atomic mass is 79.9. The van der Waals surface area contributed by atoms with Gasteiger partial charge in [0.25, 0.3) is 0 Å². The number of benzene rings is 1. The number of hydrogen-bond acceptors (Lipinski definition) is 3. The van der Waals surface area contributed by atoms with Gasteiger partial charge in [-0.3, -0.25) is 4.98 Å². The zero-order valence-electron chi connectivity index (χ0n) is 10.0. The van der Waals surface area contributed by atoms with Crippen LogP contribution in [0.4, 0.5) is 0 Å². The van der Waals surface area contributed by atoms with Gasteiger partial charge in [0.2, 0.25) is 0 Å². The quantitative estimate of drug-likeness (QED) is 0.853. The molecule has 3 rings (SSSR count). The molecule has 98 valence electrons. The number of pyridine rings is 1. The van der Waals surface area contributed by atoms with Crippen LogP contribution in [-0.4, -0.2) is 4.98 Å². The van der Waals surface area contributed by atoms with Crippen LogP contribution in [0.1, 0.15) is 29.8 Å². The number of nitrogens with zero attached hydrogens (tertiary/aromatic N) is 1. The minimum atomic E-state index is -0.114. The van der Waals surface area contributed by atoms with Crippen molar-refractivity contribution >= 4 is 27.5 Å². The summed E-state index contributed by atoms with van der Waals surface area (Å²) in [6, 6.07) is 9.36. The van der Waals surface area contributed by atoms with Crippen LogP contribution in [0.15, 0.2) is 41.0 Å². The molecule has 0 bridgehead atoms. The first-order valence-corrected chi connectivity index (χ1v) is 7.14. The molecule has 0 saturated heterocycles. The molecule has 5 heteroatoms. The lowest BCUT2D eigenvalue weighted by Gasteiger charge is -2.30. The van der Waals surface area contributed by atoms with Crippen molar-refractivity contribution in [3.63, 3.8) is 0 Å². The Labute approximate surface area is 124 Å². The van der Waals surface area contributed by atoms with Gasteiger partial charge >= 0.3 is 0 Å². The van der Waals surface area contributed by atoms with E-state index in [0.717, 1.165) is 21.5 Å². The first-order valence-electron chi connectivity index (χ1n) is 5.96. The van der Waals surface area contributed by atoms with Gasteiger partial charge in [-0.05, 0) is 46.3 Å². The number of hydrogen-bond donors (Lipinski definition) is 1.